The number of nitrogens with zero attached hydrogens (tertiary/aromatic N) is 1. The molecule has 1 heterocycles. The summed E-state index contributed by atoms with van der Waals surface area (Å²) >= 11 is 5.87. The molecule has 0 fully saturated rings. The van der Waals surface area contributed by atoms with Gasteiger partial charge < -0.3 is 5.32 Å². The molecule has 0 aliphatic heterocycles. The van der Waals surface area contributed by atoms with E-state index >= 15 is 0 Å². The lowest BCUT2D eigenvalue weighted by Crippen LogP contribution is -2.07. The minimum Gasteiger partial charge on any atom is -0.376 e. The maximum Gasteiger partial charge on any atom is 0.0825 e. The van der Waals surface area contributed by atoms with Crippen molar-refractivity contribution >= 4 is 17.3 Å². The van der Waals surface area contributed by atoms with Crippen LogP contribution < -0.4 is 5.32 Å². The Morgan fingerprint density at radius 1 is 1.24 bits per heavy atom. The number of aryl methyl sites for hydroxylation is 2. The second-order valence-electron chi connectivity index (χ2n) is 4.23. The SMILES string of the molecule is Cc1n[nH]c(C)c1NC(C)c1ccc(Cl)cc1. The molecule has 0 saturated carbocycles. The Kier molecular flexibility index (Phi) is 3.38. The Labute approximate surface area is 106 Å². The van der Waals surface area contributed by atoms with Gasteiger partial charge in [0.05, 0.1) is 17.1 Å². The van der Waals surface area contributed by atoms with Crippen LogP contribution in [0.3, 0.4) is 0 Å². The number of hydrogen-bond acceptors (Lipinski definition) is 2. The van der Waals surface area contributed by atoms with E-state index in [1.54, 1.807) is 0 Å². The molecule has 0 radical (unpaired) electrons. The van der Waals surface area contributed by atoms with Crippen LogP contribution in [0.15, 0.2) is 24.3 Å². The van der Waals surface area contributed by atoms with Gasteiger partial charge in [0.25, 0.3) is 0 Å². The largest absolute Gasteiger partial charge is 0.376 e. The van der Waals surface area contributed by atoms with Crippen molar-refractivity contribution in [2.24, 2.45) is 0 Å². The third-order valence-electron chi connectivity index (χ3n) is 2.86. The average molecular weight is 250 g/mol. The van der Waals surface area contributed by atoms with Crippen LogP contribution in [0.4, 0.5) is 5.69 Å². The third-order valence-corrected chi connectivity index (χ3v) is 3.11. The van der Waals surface area contributed by atoms with Gasteiger partial charge in [0, 0.05) is 11.1 Å². The number of benzene rings is 1. The molecular formula is C13H16ClN3. The van der Waals surface area contributed by atoms with Gasteiger partial charge in [-0.05, 0) is 38.5 Å². The van der Waals surface area contributed by atoms with E-state index in [2.05, 4.69) is 22.4 Å². The van der Waals surface area contributed by atoms with Crippen LogP contribution in [0, 0.1) is 13.8 Å². The zero-order valence-corrected chi connectivity index (χ0v) is 11.0. The van der Waals surface area contributed by atoms with Gasteiger partial charge in [-0.25, -0.2) is 0 Å². The summed E-state index contributed by atoms with van der Waals surface area (Å²) in [4.78, 5) is 0. The molecule has 2 N–H and O–H groups in total. The second-order valence-corrected chi connectivity index (χ2v) is 4.66. The summed E-state index contributed by atoms with van der Waals surface area (Å²) < 4.78 is 0. The van der Waals surface area contributed by atoms with Crippen molar-refractivity contribution < 1.29 is 0 Å². The summed E-state index contributed by atoms with van der Waals surface area (Å²) in [5, 5.41) is 11.4. The van der Waals surface area contributed by atoms with Gasteiger partial charge >= 0.3 is 0 Å². The first-order valence-electron chi connectivity index (χ1n) is 5.61. The predicted octanol–water partition coefficient (Wildman–Crippen LogP) is 3.85. The fourth-order valence-electron chi connectivity index (χ4n) is 1.81. The molecule has 0 amide bonds. The highest BCUT2D eigenvalue weighted by atomic mass is 35.5. The second kappa shape index (κ2) is 4.80. The van der Waals surface area contributed by atoms with Crippen LogP contribution in [-0.2, 0) is 0 Å². The van der Waals surface area contributed by atoms with Gasteiger partial charge in [-0.1, -0.05) is 23.7 Å². The molecule has 0 aliphatic carbocycles. The molecule has 3 nitrogen and oxygen atoms in total. The smallest absolute Gasteiger partial charge is 0.0825 e. The van der Waals surface area contributed by atoms with E-state index in [1.807, 2.05) is 38.1 Å². The first-order valence-corrected chi connectivity index (χ1v) is 5.99. The van der Waals surface area contributed by atoms with Crippen molar-refractivity contribution in [1.82, 2.24) is 10.2 Å². The van der Waals surface area contributed by atoms with Crippen molar-refractivity contribution in [2.75, 3.05) is 5.32 Å². The van der Waals surface area contributed by atoms with Gasteiger partial charge in [0.2, 0.25) is 0 Å². The quantitative estimate of drug-likeness (QED) is 0.867. The zero-order chi connectivity index (χ0) is 12.4. The minimum absolute atomic E-state index is 0.224. The molecule has 2 rings (SSSR count). The van der Waals surface area contributed by atoms with E-state index in [0.29, 0.717) is 0 Å². The van der Waals surface area contributed by atoms with Crippen LogP contribution in [0.5, 0.6) is 0 Å². The Morgan fingerprint density at radius 3 is 2.41 bits per heavy atom. The number of halogens is 1. The highest BCUT2D eigenvalue weighted by Gasteiger charge is 2.10. The molecule has 1 unspecified atom stereocenters. The number of anilines is 1. The number of H-pyrrole nitrogens is 1. The summed E-state index contributed by atoms with van der Waals surface area (Å²) in [5.74, 6) is 0. The molecule has 90 valence electrons. The maximum absolute atomic E-state index is 5.87. The Bertz CT molecular complexity index is 482. The molecule has 0 bridgehead atoms. The fourth-order valence-corrected chi connectivity index (χ4v) is 1.94. The molecule has 17 heavy (non-hydrogen) atoms. The molecule has 1 aromatic carbocycles. The molecular weight excluding hydrogens is 234 g/mol. The van der Waals surface area contributed by atoms with Gasteiger partial charge in [-0.3, -0.25) is 5.10 Å². The first-order chi connectivity index (χ1) is 8.08. The van der Waals surface area contributed by atoms with Crippen molar-refractivity contribution in [3.8, 4) is 0 Å². The number of nitrogens with one attached hydrogen (secondary N) is 2. The number of aromatic nitrogens is 2. The van der Waals surface area contributed by atoms with E-state index in [4.69, 9.17) is 11.6 Å². The monoisotopic (exact) mass is 249 g/mol. The van der Waals surface area contributed by atoms with E-state index in [9.17, 15) is 0 Å². The van der Waals surface area contributed by atoms with Crippen molar-refractivity contribution in [3.63, 3.8) is 0 Å². The van der Waals surface area contributed by atoms with Crippen LogP contribution >= 0.6 is 11.6 Å². The van der Waals surface area contributed by atoms with Crippen LogP contribution in [-0.4, -0.2) is 10.2 Å². The van der Waals surface area contributed by atoms with E-state index < -0.39 is 0 Å². The molecule has 1 aromatic heterocycles. The summed E-state index contributed by atoms with van der Waals surface area (Å²) in [7, 11) is 0. The molecule has 1 atom stereocenters. The summed E-state index contributed by atoms with van der Waals surface area (Å²) in [6.07, 6.45) is 0. The average Bonchev–Trinajstić information content (AvgIpc) is 2.61. The standard InChI is InChI=1S/C13H16ClN3/c1-8(11-4-6-12(14)7-5-11)15-13-9(2)16-17-10(13)3/h4-8,15H,1-3H3,(H,16,17). The molecule has 0 spiro atoms. The fraction of sp³-hybridized carbons (Fsp3) is 0.308. The van der Waals surface area contributed by atoms with Crippen molar-refractivity contribution in [2.45, 2.75) is 26.8 Å². The maximum atomic E-state index is 5.87. The Balaban J connectivity index is 2.17. The van der Waals surface area contributed by atoms with Crippen molar-refractivity contribution in [3.05, 3.63) is 46.2 Å². The van der Waals surface area contributed by atoms with Crippen LogP contribution in [0.1, 0.15) is 29.9 Å². The molecule has 0 saturated heterocycles. The predicted molar refractivity (Wildman–Crippen MR) is 71.6 cm³/mol. The van der Waals surface area contributed by atoms with Gasteiger partial charge in [-0.15, -0.1) is 0 Å². The lowest BCUT2D eigenvalue weighted by molar-refractivity contribution is 0.881. The zero-order valence-electron chi connectivity index (χ0n) is 10.2. The van der Waals surface area contributed by atoms with Crippen LogP contribution in [0.2, 0.25) is 5.02 Å². The third kappa shape index (κ3) is 2.61. The molecule has 4 heteroatoms. The number of rotatable bonds is 3. The Hall–Kier alpha value is -1.48. The lowest BCUT2D eigenvalue weighted by atomic mass is 10.1. The lowest BCUT2D eigenvalue weighted by Gasteiger charge is -2.15. The summed E-state index contributed by atoms with van der Waals surface area (Å²) in [6, 6.07) is 8.10. The topological polar surface area (TPSA) is 40.7 Å². The van der Waals surface area contributed by atoms with E-state index in [-0.39, 0.29) is 6.04 Å². The molecule has 2 aromatic rings. The normalized spacial score (nSPS) is 12.5. The number of aromatic amines is 1. The van der Waals surface area contributed by atoms with E-state index in [1.165, 1.54) is 5.56 Å². The highest BCUT2D eigenvalue weighted by molar-refractivity contribution is 6.30. The van der Waals surface area contributed by atoms with Gasteiger partial charge in [0.1, 0.15) is 0 Å². The van der Waals surface area contributed by atoms with E-state index in [0.717, 1.165) is 22.1 Å². The summed E-state index contributed by atoms with van der Waals surface area (Å²) in [5.41, 5.74) is 4.33. The minimum atomic E-state index is 0.224. The Morgan fingerprint density at radius 2 is 1.88 bits per heavy atom. The van der Waals surface area contributed by atoms with Gasteiger partial charge in [-0.2, -0.15) is 5.10 Å². The van der Waals surface area contributed by atoms with Gasteiger partial charge in [0.15, 0.2) is 0 Å². The highest BCUT2D eigenvalue weighted by Crippen LogP contribution is 2.24. The number of hydrogen-bond donors (Lipinski definition) is 2. The molecule has 0 aliphatic rings. The summed E-state index contributed by atoms with van der Waals surface area (Å²) in [6.45, 7) is 6.12. The first kappa shape index (κ1) is 12.0. The van der Waals surface area contributed by atoms with Crippen LogP contribution in [0.25, 0.3) is 0 Å². The van der Waals surface area contributed by atoms with Crippen molar-refractivity contribution in [1.29, 1.82) is 0 Å².